The van der Waals surface area contributed by atoms with Crippen molar-refractivity contribution >= 4 is 22.1 Å². The molecule has 15 heavy (non-hydrogen) atoms. The van der Waals surface area contributed by atoms with Crippen molar-refractivity contribution in [1.82, 2.24) is 0 Å². The third kappa shape index (κ3) is 1.89. The van der Waals surface area contributed by atoms with Crippen molar-refractivity contribution in [3.8, 4) is 0 Å². The van der Waals surface area contributed by atoms with Gasteiger partial charge < -0.3 is 11.1 Å². The number of nitrogens with two attached hydrogens (primary N) is 1. The molecule has 0 spiro atoms. The summed E-state index contributed by atoms with van der Waals surface area (Å²) in [5, 5.41) is 5.65. The van der Waals surface area contributed by atoms with Crippen molar-refractivity contribution in [2.24, 2.45) is 0 Å². The molecule has 0 heterocycles. The molecule has 0 saturated carbocycles. The Morgan fingerprint density at radius 3 is 2.73 bits per heavy atom. The Bertz CT molecular complexity index is 463. The average molecular weight is 200 g/mol. The van der Waals surface area contributed by atoms with Crippen molar-refractivity contribution in [3.05, 3.63) is 36.4 Å². The summed E-state index contributed by atoms with van der Waals surface area (Å²) in [5.74, 6) is 0. The lowest BCUT2D eigenvalue weighted by molar-refractivity contribution is 0.981. The molecule has 0 fully saturated rings. The summed E-state index contributed by atoms with van der Waals surface area (Å²) in [6.07, 6.45) is 1.10. The van der Waals surface area contributed by atoms with Crippen LogP contribution in [-0.2, 0) is 0 Å². The van der Waals surface area contributed by atoms with Crippen LogP contribution in [0.5, 0.6) is 0 Å². The highest BCUT2D eigenvalue weighted by atomic mass is 14.9. The zero-order valence-corrected chi connectivity index (χ0v) is 8.96. The molecule has 2 aromatic carbocycles. The third-order valence-electron chi connectivity index (χ3n) is 2.54. The lowest BCUT2D eigenvalue weighted by Crippen LogP contribution is -2.03. The van der Waals surface area contributed by atoms with Gasteiger partial charge in [0.2, 0.25) is 0 Å². The van der Waals surface area contributed by atoms with E-state index < -0.39 is 0 Å². The molecule has 0 unspecified atom stereocenters. The summed E-state index contributed by atoms with van der Waals surface area (Å²) in [6.45, 7) is 3.10. The summed E-state index contributed by atoms with van der Waals surface area (Å²) < 4.78 is 0. The van der Waals surface area contributed by atoms with Gasteiger partial charge in [0.05, 0.1) is 11.4 Å². The smallest absolute Gasteiger partial charge is 0.0629 e. The molecule has 0 saturated heterocycles. The Morgan fingerprint density at radius 1 is 1.13 bits per heavy atom. The predicted octanol–water partition coefficient (Wildman–Crippen LogP) is 3.24. The van der Waals surface area contributed by atoms with E-state index in [0.717, 1.165) is 29.7 Å². The minimum absolute atomic E-state index is 0.849. The Kier molecular flexibility index (Phi) is 2.77. The molecule has 0 radical (unpaired) electrons. The zero-order chi connectivity index (χ0) is 10.7. The average Bonchev–Trinajstić information content (AvgIpc) is 2.29. The van der Waals surface area contributed by atoms with Crippen LogP contribution < -0.4 is 11.1 Å². The molecule has 0 aliphatic heterocycles. The number of fused-ring (bicyclic) bond motifs is 1. The van der Waals surface area contributed by atoms with Crippen molar-refractivity contribution in [1.29, 1.82) is 0 Å². The van der Waals surface area contributed by atoms with Crippen molar-refractivity contribution in [3.63, 3.8) is 0 Å². The molecule has 78 valence electrons. The van der Waals surface area contributed by atoms with Gasteiger partial charge in [-0.3, -0.25) is 0 Å². The quantitative estimate of drug-likeness (QED) is 0.746. The monoisotopic (exact) mass is 200 g/mol. The number of nitrogens with one attached hydrogen (secondary N) is 1. The van der Waals surface area contributed by atoms with E-state index in [2.05, 4.69) is 30.4 Å². The number of anilines is 2. The SMILES string of the molecule is CCCNc1ccc2ccccc2c1N. The number of hydrogen-bond acceptors (Lipinski definition) is 2. The summed E-state index contributed by atoms with van der Waals surface area (Å²) in [4.78, 5) is 0. The highest BCUT2D eigenvalue weighted by Crippen LogP contribution is 2.28. The summed E-state index contributed by atoms with van der Waals surface area (Å²) >= 11 is 0. The maximum absolute atomic E-state index is 6.10. The van der Waals surface area contributed by atoms with Crippen LogP contribution in [0.15, 0.2) is 36.4 Å². The van der Waals surface area contributed by atoms with Gasteiger partial charge >= 0.3 is 0 Å². The van der Waals surface area contributed by atoms with Crippen molar-refractivity contribution in [2.45, 2.75) is 13.3 Å². The lowest BCUT2D eigenvalue weighted by Gasteiger charge is -2.10. The molecule has 0 amide bonds. The van der Waals surface area contributed by atoms with E-state index in [9.17, 15) is 0 Å². The minimum atomic E-state index is 0.849. The second-order valence-electron chi connectivity index (χ2n) is 3.67. The summed E-state index contributed by atoms with van der Waals surface area (Å²) in [6, 6.07) is 12.3. The molecule has 0 aliphatic rings. The zero-order valence-electron chi connectivity index (χ0n) is 8.96. The Hall–Kier alpha value is -1.70. The van der Waals surface area contributed by atoms with Gasteiger partial charge in [0.15, 0.2) is 0 Å². The predicted molar refractivity (Wildman–Crippen MR) is 67.1 cm³/mol. The van der Waals surface area contributed by atoms with Gasteiger partial charge in [-0.1, -0.05) is 37.3 Å². The van der Waals surface area contributed by atoms with Crippen LogP contribution in [0.1, 0.15) is 13.3 Å². The molecular weight excluding hydrogens is 184 g/mol. The first-order chi connectivity index (χ1) is 7.33. The highest BCUT2D eigenvalue weighted by Gasteiger charge is 2.02. The van der Waals surface area contributed by atoms with Gasteiger partial charge in [0, 0.05) is 11.9 Å². The largest absolute Gasteiger partial charge is 0.397 e. The van der Waals surface area contributed by atoms with Crippen LogP contribution in [0.4, 0.5) is 11.4 Å². The Labute approximate surface area is 90.1 Å². The highest BCUT2D eigenvalue weighted by molar-refractivity contribution is 5.98. The molecule has 3 N–H and O–H groups in total. The lowest BCUT2D eigenvalue weighted by atomic mass is 10.1. The Balaban J connectivity index is 2.45. The molecule has 0 aromatic heterocycles. The fraction of sp³-hybridized carbons (Fsp3) is 0.231. The molecule has 2 rings (SSSR count). The minimum Gasteiger partial charge on any atom is -0.397 e. The van der Waals surface area contributed by atoms with Crippen LogP contribution in [0, 0.1) is 0 Å². The van der Waals surface area contributed by atoms with E-state index in [1.54, 1.807) is 0 Å². The van der Waals surface area contributed by atoms with Gasteiger partial charge in [-0.15, -0.1) is 0 Å². The molecule has 0 aliphatic carbocycles. The standard InChI is InChI=1S/C13H16N2/c1-2-9-15-12-8-7-10-5-3-4-6-11(10)13(12)14/h3-8,15H,2,9,14H2,1H3. The van der Waals surface area contributed by atoms with Crippen LogP contribution in [-0.4, -0.2) is 6.54 Å². The second-order valence-corrected chi connectivity index (χ2v) is 3.67. The van der Waals surface area contributed by atoms with E-state index in [-0.39, 0.29) is 0 Å². The van der Waals surface area contributed by atoms with Crippen LogP contribution in [0.3, 0.4) is 0 Å². The van der Waals surface area contributed by atoms with E-state index in [1.165, 1.54) is 5.39 Å². The first kappa shape index (κ1) is 9.84. The molecule has 0 atom stereocenters. The van der Waals surface area contributed by atoms with E-state index in [4.69, 9.17) is 5.73 Å². The number of nitrogen functional groups attached to an aromatic ring is 1. The van der Waals surface area contributed by atoms with E-state index >= 15 is 0 Å². The first-order valence-electron chi connectivity index (χ1n) is 5.34. The maximum Gasteiger partial charge on any atom is 0.0629 e. The fourth-order valence-corrected chi connectivity index (χ4v) is 1.71. The summed E-state index contributed by atoms with van der Waals surface area (Å²) in [5.41, 5.74) is 7.98. The van der Waals surface area contributed by atoms with Crippen LogP contribution in [0.2, 0.25) is 0 Å². The van der Waals surface area contributed by atoms with Crippen molar-refractivity contribution in [2.75, 3.05) is 17.6 Å². The topological polar surface area (TPSA) is 38.0 Å². The van der Waals surface area contributed by atoms with Gasteiger partial charge in [0.25, 0.3) is 0 Å². The van der Waals surface area contributed by atoms with E-state index in [1.807, 2.05) is 18.2 Å². The van der Waals surface area contributed by atoms with Crippen molar-refractivity contribution < 1.29 is 0 Å². The number of rotatable bonds is 3. The molecule has 2 heteroatoms. The number of hydrogen-bond donors (Lipinski definition) is 2. The van der Waals surface area contributed by atoms with Gasteiger partial charge in [-0.05, 0) is 17.9 Å². The molecule has 0 bridgehead atoms. The normalized spacial score (nSPS) is 10.5. The van der Waals surface area contributed by atoms with Gasteiger partial charge in [0.1, 0.15) is 0 Å². The maximum atomic E-state index is 6.10. The first-order valence-corrected chi connectivity index (χ1v) is 5.34. The van der Waals surface area contributed by atoms with Gasteiger partial charge in [-0.25, -0.2) is 0 Å². The third-order valence-corrected chi connectivity index (χ3v) is 2.54. The van der Waals surface area contributed by atoms with Gasteiger partial charge in [-0.2, -0.15) is 0 Å². The van der Waals surface area contributed by atoms with Crippen LogP contribution >= 0.6 is 0 Å². The van der Waals surface area contributed by atoms with Crippen LogP contribution in [0.25, 0.3) is 10.8 Å². The van der Waals surface area contributed by atoms with E-state index in [0.29, 0.717) is 0 Å². The molecular formula is C13H16N2. The fourth-order valence-electron chi connectivity index (χ4n) is 1.71. The second kappa shape index (κ2) is 4.22. The Morgan fingerprint density at radius 2 is 1.93 bits per heavy atom. The molecule has 2 nitrogen and oxygen atoms in total. The number of benzene rings is 2. The molecule has 2 aromatic rings. The summed E-state index contributed by atoms with van der Waals surface area (Å²) in [7, 11) is 0.